The van der Waals surface area contributed by atoms with E-state index in [2.05, 4.69) is 11.4 Å². The largest absolute Gasteiger partial charge is 0.376 e. The van der Waals surface area contributed by atoms with E-state index in [-0.39, 0.29) is 0 Å². The van der Waals surface area contributed by atoms with Crippen LogP contribution in [0.2, 0.25) is 0 Å². The molecular weight excluding hydrogens is 158 g/mol. The maximum atomic E-state index is 5.35. The third-order valence-electron chi connectivity index (χ3n) is 1.32. The van der Waals surface area contributed by atoms with Crippen molar-refractivity contribution < 1.29 is 4.74 Å². The van der Waals surface area contributed by atoms with Gasteiger partial charge in [0.25, 0.3) is 0 Å². The van der Waals surface area contributed by atoms with Gasteiger partial charge in [-0.2, -0.15) is 0 Å². The van der Waals surface area contributed by atoms with E-state index >= 15 is 0 Å². The molecule has 0 spiro atoms. The van der Waals surface area contributed by atoms with Gasteiger partial charge in [-0.05, 0) is 24.4 Å². The number of thiophene rings is 1. The van der Waals surface area contributed by atoms with Crippen molar-refractivity contribution in [2.24, 2.45) is 5.73 Å². The summed E-state index contributed by atoms with van der Waals surface area (Å²) in [5.74, 6) is 0. The smallest absolute Gasteiger partial charge is 0.0809 e. The van der Waals surface area contributed by atoms with Gasteiger partial charge in [0.1, 0.15) is 0 Å². The summed E-state index contributed by atoms with van der Waals surface area (Å²) in [6.07, 6.45) is 0.950. The summed E-state index contributed by atoms with van der Waals surface area (Å²) in [6.45, 7) is 2.22. The molecule has 1 rings (SSSR count). The predicted octanol–water partition coefficient (Wildman–Crippen LogP) is 1.61. The first-order valence-corrected chi connectivity index (χ1v) is 4.61. The van der Waals surface area contributed by atoms with Crippen molar-refractivity contribution in [3.63, 3.8) is 0 Å². The Morgan fingerprint density at radius 2 is 2.45 bits per heavy atom. The molecule has 1 aromatic rings. The van der Waals surface area contributed by atoms with E-state index in [1.54, 1.807) is 11.3 Å². The topological polar surface area (TPSA) is 35.2 Å². The molecule has 0 aliphatic carbocycles. The Morgan fingerprint density at radius 1 is 1.55 bits per heavy atom. The highest BCUT2D eigenvalue weighted by Gasteiger charge is 1.91. The zero-order valence-electron chi connectivity index (χ0n) is 6.45. The highest BCUT2D eigenvalue weighted by atomic mass is 32.1. The van der Waals surface area contributed by atoms with Crippen molar-refractivity contribution >= 4 is 11.3 Å². The van der Waals surface area contributed by atoms with Gasteiger partial charge in [0.2, 0.25) is 0 Å². The van der Waals surface area contributed by atoms with Crippen LogP contribution in [0.5, 0.6) is 0 Å². The molecular formula is C8H13NOS. The van der Waals surface area contributed by atoms with Crippen molar-refractivity contribution in [1.82, 2.24) is 0 Å². The van der Waals surface area contributed by atoms with E-state index in [9.17, 15) is 0 Å². The quantitative estimate of drug-likeness (QED) is 0.683. The van der Waals surface area contributed by atoms with Crippen LogP contribution in [-0.2, 0) is 11.3 Å². The van der Waals surface area contributed by atoms with E-state index in [4.69, 9.17) is 10.5 Å². The lowest BCUT2D eigenvalue weighted by molar-refractivity contribution is 0.122. The van der Waals surface area contributed by atoms with Crippen LogP contribution in [0.4, 0.5) is 0 Å². The molecule has 0 aromatic carbocycles. The van der Waals surface area contributed by atoms with E-state index < -0.39 is 0 Å². The second kappa shape index (κ2) is 5.29. The SMILES string of the molecule is NCCCOCc1cccs1. The van der Waals surface area contributed by atoms with Crippen molar-refractivity contribution in [2.45, 2.75) is 13.0 Å². The van der Waals surface area contributed by atoms with Gasteiger partial charge in [-0.1, -0.05) is 6.07 Å². The highest BCUT2D eigenvalue weighted by Crippen LogP contribution is 2.09. The van der Waals surface area contributed by atoms with Crippen LogP contribution < -0.4 is 5.73 Å². The number of hydrogen-bond acceptors (Lipinski definition) is 3. The summed E-state index contributed by atoms with van der Waals surface area (Å²) in [7, 11) is 0. The second-order valence-electron chi connectivity index (χ2n) is 2.27. The van der Waals surface area contributed by atoms with Crippen LogP contribution in [-0.4, -0.2) is 13.2 Å². The molecule has 62 valence electrons. The minimum Gasteiger partial charge on any atom is -0.376 e. The Hall–Kier alpha value is -0.380. The molecule has 0 fully saturated rings. The van der Waals surface area contributed by atoms with Gasteiger partial charge in [-0.25, -0.2) is 0 Å². The third kappa shape index (κ3) is 3.51. The van der Waals surface area contributed by atoms with Crippen LogP contribution in [0.25, 0.3) is 0 Å². The van der Waals surface area contributed by atoms with Crippen molar-refractivity contribution in [1.29, 1.82) is 0 Å². The molecule has 3 heteroatoms. The summed E-state index contributed by atoms with van der Waals surface area (Å²) in [4.78, 5) is 1.28. The molecule has 0 saturated heterocycles. The molecule has 1 aromatic heterocycles. The molecule has 0 radical (unpaired) electrons. The van der Waals surface area contributed by atoms with Gasteiger partial charge < -0.3 is 10.5 Å². The Labute approximate surface area is 71.0 Å². The lowest BCUT2D eigenvalue weighted by Crippen LogP contribution is -2.03. The van der Waals surface area contributed by atoms with Crippen LogP contribution >= 0.6 is 11.3 Å². The van der Waals surface area contributed by atoms with E-state index in [0.29, 0.717) is 6.54 Å². The molecule has 0 amide bonds. The molecule has 2 N–H and O–H groups in total. The van der Waals surface area contributed by atoms with Gasteiger partial charge in [-0.15, -0.1) is 11.3 Å². The van der Waals surface area contributed by atoms with Crippen LogP contribution in [0, 0.1) is 0 Å². The molecule has 0 aliphatic rings. The highest BCUT2D eigenvalue weighted by molar-refractivity contribution is 7.09. The molecule has 0 saturated carbocycles. The fourth-order valence-corrected chi connectivity index (χ4v) is 1.39. The second-order valence-corrected chi connectivity index (χ2v) is 3.31. The molecule has 0 aliphatic heterocycles. The molecule has 1 heterocycles. The number of rotatable bonds is 5. The van der Waals surface area contributed by atoms with Crippen molar-refractivity contribution in [2.75, 3.05) is 13.2 Å². The summed E-state index contributed by atoms with van der Waals surface area (Å²) >= 11 is 1.72. The van der Waals surface area contributed by atoms with Crippen molar-refractivity contribution in [3.8, 4) is 0 Å². The maximum absolute atomic E-state index is 5.35. The standard InChI is InChI=1S/C8H13NOS/c9-4-2-5-10-7-8-3-1-6-11-8/h1,3,6H,2,4-5,7,9H2. The summed E-state index contributed by atoms with van der Waals surface area (Å²) < 4.78 is 5.35. The lowest BCUT2D eigenvalue weighted by Gasteiger charge is -1.99. The normalized spacial score (nSPS) is 10.3. The zero-order valence-corrected chi connectivity index (χ0v) is 7.27. The summed E-state index contributed by atoms with van der Waals surface area (Å²) in [5, 5.41) is 2.06. The van der Waals surface area contributed by atoms with Crippen LogP contribution in [0.15, 0.2) is 17.5 Å². The third-order valence-corrected chi connectivity index (χ3v) is 2.17. The fourth-order valence-electron chi connectivity index (χ4n) is 0.753. The van der Waals surface area contributed by atoms with E-state index in [0.717, 1.165) is 19.6 Å². The van der Waals surface area contributed by atoms with Gasteiger partial charge in [0.05, 0.1) is 6.61 Å². The summed E-state index contributed by atoms with van der Waals surface area (Å²) in [5.41, 5.74) is 5.31. The Kier molecular flexibility index (Phi) is 4.19. The zero-order chi connectivity index (χ0) is 7.94. The van der Waals surface area contributed by atoms with Gasteiger partial charge in [-0.3, -0.25) is 0 Å². The van der Waals surface area contributed by atoms with Crippen LogP contribution in [0.3, 0.4) is 0 Å². The minimum absolute atomic E-state index is 0.713. The first-order chi connectivity index (χ1) is 5.43. The van der Waals surface area contributed by atoms with Crippen LogP contribution in [0.1, 0.15) is 11.3 Å². The van der Waals surface area contributed by atoms with Gasteiger partial charge >= 0.3 is 0 Å². The van der Waals surface area contributed by atoms with Gasteiger partial charge in [0.15, 0.2) is 0 Å². The Morgan fingerprint density at radius 3 is 3.09 bits per heavy atom. The average Bonchev–Trinajstić information content (AvgIpc) is 2.50. The molecule has 2 nitrogen and oxygen atoms in total. The minimum atomic E-state index is 0.713. The first kappa shape index (κ1) is 8.71. The Balaban J connectivity index is 2.04. The monoisotopic (exact) mass is 171 g/mol. The van der Waals surface area contributed by atoms with E-state index in [1.807, 2.05) is 6.07 Å². The Bertz CT molecular complexity index is 174. The van der Waals surface area contributed by atoms with Gasteiger partial charge in [0, 0.05) is 11.5 Å². The fraction of sp³-hybridized carbons (Fsp3) is 0.500. The molecule has 0 bridgehead atoms. The molecule has 0 unspecified atom stereocenters. The first-order valence-electron chi connectivity index (χ1n) is 3.73. The van der Waals surface area contributed by atoms with E-state index in [1.165, 1.54) is 4.88 Å². The predicted molar refractivity (Wildman–Crippen MR) is 47.6 cm³/mol. The molecule has 11 heavy (non-hydrogen) atoms. The maximum Gasteiger partial charge on any atom is 0.0809 e. The lowest BCUT2D eigenvalue weighted by atomic mass is 10.4. The number of nitrogens with two attached hydrogens (primary N) is 1. The summed E-state index contributed by atoms with van der Waals surface area (Å²) in [6, 6.07) is 4.11. The number of hydrogen-bond donors (Lipinski definition) is 1. The molecule has 0 atom stereocenters. The van der Waals surface area contributed by atoms with Crippen molar-refractivity contribution in [3.05, 3.63) is 22.4 Å². The number of ether oxygens (including phenoxy) is 1. The average molecular weight is 171 g/mol.